The smallest absolute Gasteiger partial charge is 0.793 e. The maximum Gasteiger partial charge on any atom is 1.00 e. The topological polar surface area (TPSA) is 229 Å². The van der Waals surface area contributed by atoms with Gasteiger partial charge in [0.05, 0.1) is 22.5 Å². The van der Waals surface area contributed by atoms with E-state index in [2.05, 4.69) is 72.2 Å². The summed E-state index contributed by atoms with van der Waals surface area (Å²) in [4.78, 5) is 78.5. The van der Waals surface area contributed by atoms with Gasteiger partial charge in [0.15, 0.2) is 11.2 Å². The summed E-state index contributed by atoms with van der Waals surface area (Å²) in [5.74, 6) is -2.06. The molecule has 4 aliphatic rings. The monoisotopic (exact) mass is 1040 g/mol. The number of halogens is 2. The van der Waals surface area contributed by atoms with Gasteiger partial charge >= 0.3 is 53.0 Å². The number of carbonyl (C=O) groups is 3. The van der Waals surface area contributed by atoms with Crippen LogP contribution in [0.15, 0.2) is 114 Å². The van der Waals surface area contributed by atoms with Crippen LogP contribution in [0.4, 0.5) is 8.78 Å². The van der Waals surface area contributed by atoms with Gasteiger partial charge in [-0.3, -0.25) is 19.7 Å². The number of nitrogens with zero attached hydrogens (tertiary/aromatic N) is 3. The number of rotatable bonds is 10. The molecule has 4 heterocycles. The molecule has 2 atom stereocenters. The summed E-state index contributed by atoms with van der Waals surface area (Å²) in [6.07, 6.45) is 10.4. The van der Waals surface area contributed by atoms with Crippen LogP contribution in [0, 0.1) is 11.6 Å². The third kappa shape index (κ3) is 17.3. The van der Waals surface area contributed by atoms with E-state index in [1.807, 2.05) is 24.3 Å². The maximum atomic E-state index is 13.1. The van der Waals surface area contributed by atoms with Crippen LogP contribution >= 0.6 is 0 Å². The molecule has 391 valence electrons. The molecule has 2 fully saturated rings. The molecule has 2 saturated carbocycles. The van der Waals surface area contributed by atoms with Crippen molar-refractivity contribution in [1.82, 2.24) is 20.2 Å². The first kappa shape index (κ1) is 57.9. The van der Waals surface area contributed by atoms with Crippen molar-refractivity contribution in [3.05, 3.63) is 140 Å². The molecule has 3 N–H and O–H groups in total. The molecule has 2 aliphatic heterocycles. The number of likely N-dealkylation sites (N-methyl/N-ethyl adjacent to an activating group) is 1. The number of aromatic amines is 2. The van der Waals surface area contributed by atoms with Crippen molar-refractivity contribution in [1.29, 1.82) is 0 Å². The van der Waals surface area contributed by atoms with Crippen LogP contribution in [0.25, 0.3) is 22.2 Å². The van der Waals surface area contributed by atoms with Crippen molar-refractivity contribution >= 4 is 59.6 Å². The zero-order valence-electron chi connectivity index (χ0n) is 42.6. The average molecular weight is 1040 g/mol. The Morgan fingerprint density at radius 2 is 1.08 bits per heavy atom. The molecule has 0 spiro atoms. The Kier molecular flexibility index (Phi) is 21.6. The Labute approximate surface area is 454 Å². The summed E-state index contributed by atoms with van der Waals surface area (Å²) >= 11 is 0. The minimum absolute atomic E-state index is 0. The molecule has 2 aliphatic carbocycles. The van der Waals surface area contributed by atoms with Gasteiger partial charge in [0.2, 0.25) is 5.97 Å². The Morgan fingerprint density at radius 1 is 0.653 bits per heavy atom. The predicted molar refractivity (Wildman–Crippen MR) is 270 cm³/mol. The van der Waals surface area contributed by atoms with E-state index < -0.39 is 29.4 Å². The number of hydrogen-bond donors (Lipinski definition) is 3. The van der Waals surface area contributed by atoms with Crippen LogP contribution in [-0.2, 0) is 38.5 Å². The van der Waals surface area contributed by atoms with E-state index in [0.29, 0.717) is 35.1 Å². The molecule has 6 aromatic rings. The first-order valence-electron chi connectivity index (χ1n) is 24.5. The molecule has 2 unspecified atom stereocenters. The summed E-state index contributed by atoms with van der Waals surface area (Å²) < 4.78 is 40.2. The number of benzene rings is 4. The van der Waals surface area contributed by atoms with E-state index in [-0.39, 0.29) is 53.4 Å². The second-order valence-electron chi connectivity index (χ2n) is 18.7. The summed E-state index contributed by atoms with van der Waals surface area (Å²) in [5, 5.41) is 12.0. The van der Waals surface area contributed by atoms with Crippen LogP contribution in [0.1, 0.15) is 119 Å². The Hall–Kier alpha value is -6.39. The summed E-state index contributed by atoms with van der Waals surface area (Å²) in [6.45, 7) is 5.10. The van der Waals surface area contributed by atoms with Gasteiger partial charge in [-0.15, -0.1) is 0 Å². The molecule has 0 bridgehead atoms. The second kappa shape index (κ2) is 27.9. The van der Waals surface area contributed by atoms with Gasteiger partial charge in [0.1, 0.15) is 23.8 Å². The zero-order valence-corrected chi connectivity index (χ0v) is 44.6. The van der Waals surface area contributed by atoms with Crippen molar-refractivity contribution in [3.63, 3.8) is 0 Å². The van der Waals surface area contributed by atoms with Crippen LogP contribution in [0.5, 0.6) is 0 Å². The molecular weight excluding hydrogens is 984 g/mol. The number of oxime groups is 2. The number of carbonyl (C=O) groups excluding carboxylic acids is 3. The fourth-order valence-corrected chi connectivity index (χ4v) is 9.49. The molecule has 18 nitrogen and oxygen atoms in total. The summed E-state index contributed by atoms with van der Waals surface area (Å²) in [5.41, 5.74) is 8.83. The van der Waals surface area contributed by atoms with Crippen LogP contribution in [-0.4, -0.2) is 96.7 Å². The fraction of sp³-hybridized carbons (Fsp3) is 0.415. The molecule has 3 radical (unpaired) electrons. The quantitative estimate of drug-likeness (QED) is 0.0917. The molecule has 2 aromatic heterocycles. The fourth-order valence-electron chi connectivity index (χ4n) is 9.49. The van der Waals surface area contributed by atoms with Crippen molar-refractivity contribution in [3.8, 4) is 0 Å². The predicted octanol–water partition coefficient (Wildman–Crippen LogP) is 5.15. The number of nitrogens with one attached hydrogen (secondary N) is 3. The van der Waals surface area contributed by atoms with Gasteiger partial charge in [-0.25, -0.2) is 37.7 Å². The van der Waals surface area contributed by atoms with Crippen LogP contribution in [0.3, 0.4) is 0 Å². The molecule has 0 amide bonds. The Morgan fingerprint density at radius 3 is 1.52 bits per heavy atom. The SMILES string of the molecule is CC(=O)OOC(C)=O.CN(CC1CC(c2ccc(F)cc2)=NO1)C1CCC(c2ccc3[nH]c(=O)oc3c2)CC1.O=c1[nH]c2ccc(C3CCC(NCC4CC(c5ccc(F)cc5)=NO4)CC3)cc2o1.[B-]OC(C)=O.[Na+]. The Balaban J connectivity index is 0.000000196. The standard InChI is InChI=1S/C24H26FN3O3.C23H24FN3O3.C4H6O4.C2H3BO2.Na/c1-28(14-20-13-22(27-31-20)16-2-7-18(25)8-3-16)19-9-4-15(5-10-19)17-6-11-21-23(12-17)30-24(29)26-21;24-17-6-1-15(2-7-17)21-12-19(30-27-21)13-25-18-8-3-14(4-9-18)16-5-10-20-22(11-16)29-23(28)26-20;1-3(5)7-8-4(2)6;1-2(4)5-3;/h2-3,6-8,11-12,15,19-20H,4-5,9-10,13-14H2,1H3,(H,26,29);1-2,5-7,10-11,14,18-19,25H,3-4,8-9,12-13H2,(H,26,28);1-2H3;1H3;/q;;;-1;+1. The van der Waals surface area contributed by atoms with E-state index >= 15 is 0 Å². The van der Waals surface area contributed by atoms with Gasteiger partial charge in [-0.2, -0.15) is 0 Å². The first-order chi connectivity index (χ1) is 35.6. The molecule has 0 saturated heterocycles. The van der Waals surface area contributed by atoms with E-state index in [4.69, 9.17) is 18.5 Å². The summed E-state index contributed by atoms with van der Waals surface area (Å²) in [7, 11) is 6.48. The number of hydrogen-bond acceptors (Lipinski definition) is 16. The average Bonchev–Trinajstić information content (AvgIpc) is 4.22. The van der Waals surface area contributed by atoms with E-state index in [0.717, 1.165) is 125 Å². The largest absolute Gasteiger partial charge is 1.00 e. The van der Waals surface area contributed by atoms with Crippen molar-refractivity contribution < 1.29 is 85.7 Å². The van der Waals surface area contributed by atoms with Gasteiger partial charge in [-0.05, 0) is 141 Å². The second-order valence-corrected chi connectivity index (χ2v) is 18.7. The minimum Gasteiger partial charge on any atom is -0.793 e. The summed E-state index contributed by atoms with van der Waals surface area (Å²) in [6, 6.07) is 25.8. The van der Waals surface area contributed by atoms with Crippen LogP contribution in [0.2, 0.25) is 0 Å². The van der Waals surface area contributed by atoms with Gasteiger partial charge < -0.3 is 36.5 Å². The Bertz CT molecular complexity index is 3000. The van der Waals surface area contributed by atoms with E-state index in [1.165, 1.54) is 42.3 Å². The van der Waals surface area contributed by atoms with E-state index in [1.54, 1.807) is 24.3 Å². The number of aromatic nitrogens is 2. The van der Waals surface area contributed by atoms with Crippen molar-refractivity contribution in [2.45, 2.75) is 121 Å². The minimum atomic E-state index is -0.639. The first-order valence-corrected chi connectivity index (χ1v) is 24.5. The van der Waals surface area contributed by atoms with Crippen molar-refractivity contribution in [2.24, 2.45) is 10.3 Å². The van der Waals surface area contributed by atoms with Gasteiger partial charge in [0, 0.05) is 58.8 Å². The molecule has 22 heteroatoms. The van der Waals surface area contributed by atoms with Gasteiger partial charge in [-0.1, -0.05) is 46.7 Å². The maximum absolute atomic E-state index is 13.1. The molecule has 4 aromatic carbocycles. The van der Waals surface area contributed by atoms with Crippen LogP contribution < -0.4 is 46.4 Å². The molecule has 75 heavy (non-hydrogen) atoms. The van der Waals surface area contributed by atoms with E-state index in [9.17, 15) is 32.8 Å². The number of oxazole rings is 2. The molecule has 10 rings (SSSR count). The number of fused-ring (bicyclic) bond motifs is 2. The van der Waals surface area contributed by atoms with Gasteiger partial charge in [0.25, 0.3) is 0 Å². The third-order valence-electron chi connectivity index (χ3n) is 13.3. The normalized spacial score (nSPS) is 20.7. The third-order valence-corrected chi connectivity index (χ3v) is 13.3. The molecular formula is C53H59BF2N6NaO12. The van der Waals surface area contributed by atoms with Crippen molar-refractivity contribution in [2.75, 3.05) is 20.1 Å². The zero-order chi connectivity index (χ0) is 52.7. The number of H-pyrrole nitrogens is 2.